The first-order valence-electron chi connectivity index (χ1n) is 13.7. The smallest absolute Gasteiger partial charge is 0.317 e. The molecule has 2 heterocycles. The number of nitrogens with one attached hydrogen (secondary N) is 2. The molecule has 4 amide bonds. The predicted octanol–water partition coefficient (Wildman–Crippen LogP) is 0.957. The number of hydrogen-bond acceptors (Lipinski definition) is 10. The van der Waals surface area contributed by atoms with Crippen LogP contribution in [0.25, 0.3) is 0 Å². The molecular formula is C26H47N5O9. The number of nitrogens with zero attached hydrogens (tertiary/aromatic N) is 2. The molecule has 0 atom stereocenters. The number of unbranched alkanes of at least 4 members (excludes halogenated alkanes) is 2. The number of Topliss-reactive ketones (excluding diaryl/α,β-unsaturated/α-hetero) is 1. The summed E-state index contributed by atoms with van der Waals surface area (Å²) in [4.78, 5) is 69.0. The molecule has 14 heteroatoms. The van der Waals surface area contributed by atoms with Crippen molar-refractivity contribution in [2.75, 3.05) is 67.1 Å². The summed E-state index contributed by atoms with van der Waals surface area (Å²) in [6.07, 6.45) is 5.57. The average Bonchev–Trinajstić information content (AvgIpc) is 3.56. The monoisotopic (exact) mass is 573 g/mol. The summed E-state index contributed by atoms with van der Waals surface area (Å²) in [5.41, 5.74) is 5.25. The lowest BCUT2D eigenvalue weighted by Gasteiger charge is -2.13. The second-order valence-corrected chi connectivity index (χ2v) is 9.01. The van der Waals surface area contributed by atoms with Crippen LogP contribution in [0.2, 0.25) is 0 Å². The van der Waals surface area contributed by atoms with Crippen molar-refractivity contribution in [1.29, 1.82) is 0 Å². The van der Waals surface area contributed by atoms with E-state index in [4.69, 9.17) is 5.73 Å². The fourth-order valence-corrected chi connectivity index (χ4v) is 3.63. The molecule has 2 rings (SSSR count). The van der Waals surface area contributed by atoms with Crippen LogP contribution in [0.15, 0.2) is 0 Å². The number of ether oxygens (including phenoxy) is 3. The Labute approximate surface area is 236 Å². The third-order valence-corrected chi connectivity index (χ3v) is 5.95. The Kier molecular flexibility index (Phi) is 21.5. The van der Waals surface area contributed by atoms with Gasteiger partial charge in [-0.25, -0.2) is 9.59 Å². The lowest BCUT2D eigenvalue weighted by Crippen LogP contribution is -2.32. The first-order valence-corrected chi connectivity index (χ1v) is 13.7. The number of urea groups is 2. The Morgan fingerprint density at radius 2 is 1.02 bits per heavy atom. The zero-order valence-corrected chi connectivity index (χ0v) is 24.2. The van der Waals surface area contributed by atoms with Crippen LogP contribution in [0.4, 0.5) is 9.59 Å². The molecular weight excluding hydrogens is 526 g/mol. The van der Waals surface area contributed by atoms with Crippen molar-refractivity contribution in [1.82, 2.24) is 20.4 Å². The summed E-state index contributed by atoms with van der Waals surface area (Å²) in [5.74, 6) is -0.503. The summed E-state index contributed by atoms with van der Waals surface area (Å²) in [6, 6.07) is -0.0222. The number of hydrogen-bond donors (Lipinski definition) is 3. The van der Waals surface area contributed by atoms with Crippen LogP contribution < -0.4 is 16.4 Å². The number of rotatable bonds is 16. The minimum absolute atomic E-state index is 0.0143. The fourth-order valence-electron chi connectivity index (χ4n) is 3.63. The highest BCUT2D eigenvalue weighted by molar-refractivity contribution is 5.79. The van der Waals surface area contributed by atoms with Gasteiger partial charge >= 0.3 is 30.0 Å². The molecule has 0 aromatic carbocycles. The maximum atomic E-state index is 11.6. The van der Waals surface area contributed by atoms with Crippen LogP contribution in [0.3, 0.4) is 0 Å². The van der Waals surface area contributed by atoms with Gasteiger partial charge in [-0.1, -0.05) is 0 Å². The van der Waals surface area contributed by atoms with Gasteiger partial charge < -0.3 is 40.4 Å². The molecule has 14 nitrogen and oxygen atoms in total. The Hall–Kier alpha value is -3.42. The van der Waals surface area contributed by atoms with E-state index in [0.29, 0.717) is 84.0 Å². The third kappa shape index (κ3) is 18.8. The Morgan fingerprint density at radius 3 is 1.38 bits per heavy atom. The maximum Gasteiger partial charge on any atom is 0.317 e. The minimum Gasteiger partial charge on any atom is -0.469 e. The van der Waals surface area contributed by atoms with Crippen molar-refractivity contribution in [2.45, 2.75) is 64.2 Å². The van der Waals surface area contributed by atoms with Gasteiger partial charge in [0.05, 0.1) is 21.3 Å². The van der Waals surface area contributed by atoms with E-state index in [0.717, 1.165) is 26.1 Å². The first-order chi connectivity index (χ1) is 19.2. The summed E-state index contributed by atoms with van der Waals surface area (Å²) >= 11 is 0. The molecule has 0 aliphatic carbocycles. The van der Waals surface area contributed by atoms with Crippen molar-refractivity contribution >= 4 is 35.8 Å². The first kappa shape index (κ1) is 36.6. The molecule has 0 spiro atoms. The van der Waals surface area contributed by atoms with Gasteiger partial charge in [-0.3, -0.25) is 19.2 Å². The van der Waals surface area contributed by atoms with Crippen LogP contribution in [0.1, 0.15) is 64.2 Å². The van der Waals surface area contributed by atoms with Crippen molar-refractivity contribution in [3.05, 3.63) is 0 Å². The lowest BCUT2D eigenvalue weighted by molar-refractivity contribution is -0.142. The van der Waals surface area contributed by atoms with Crippen LogP contribution in [0, 0.1) is 0 Å². The second kappa shape index (κ2) is 23.5. The largest absolute Gasteiger partial charge is 0.469 e. The van der Waals surface area contributed by atoms with Crippen LogP contribution in [-0.4, -0.2) is 113 Å². The second-order valence-electron chi connectivity index (χ2n) is 9.01. The number of nitrogens with two attached hydrogens (primary N) is 1. The van der Waals surface area contributed by atoms with Crippen molar-refractivity contribution < 1.29 is 43.0 Å². The van der Waals surface area contributed by atoms with Gasteiger partial charge in [0, 0.05) is 77.9 Å². The number of ketones is 1. The molecule has 0 radical (unpaired) electrons. The van der Waals surface area contributed by atoms with Crippen LogP contribution in [-0.2, 0) is 33.4 Å². The Morgan fingerprint density at radius 1 is 0.650 bits per heavy atom. The number of amides is 4. The topological polar surface area (TPSA) is 187 Å². The molecule has 4 N–H and O–H groups in total. The molecule has 0 aromatic heterocycles. The Balaban J connectivity index is 0.000000619. The summed E-state index contributed by atoms with van der Waals surface area (Å²) in [5, 5.41) is 5.41. The minimum atomic E-state index is -0.236. The van der Waals surface area contributed by atoms with Crippen LogP contribution >= 0.6 is 0 Å². The quantitative estimate of drug-likeness (QED) is 0.136. The SMILES string of the molecule is COC(=O)CCCCC(=O)CCCN1CCNC1=O.COC(=O)CCCCC(=O)OC.NCCN1CCNC1=O. The van der Waals surface area contributed by atoms with Gasteiger partial charge in [0.2, 0.25) is 0 Å². The zero-order chi connectivity index (χ0) is 30.2. The molecule has 2 aliphatic heterocycles. The standard InChI is InChI=1S/C13H22N2O4.C8H14O4.C5H11N3O/c1-19-12(17)7-3-2-5-11(16)6-4-9-15-10-8-14-13(15)18;1-11-7(9)5-3-4-6-8(10)12-2;6-1-3-8-4-2-7-5(8)9/h2-10H2,1H3,(H,14,18);3-6H2,1-2H3;1-4,6H2,(H,7,9). The van der Waals surface area contributed by atoms with E-state index in [-0.39, 0.29) is 35.8 Å². The highest BCUT2D eigenvalue weighted by atomic mass is 16.5. The van der Waals surface area contributed by atoms with E-state index in [9.17, 15) is 28.8 Å². The number of methoxy groups -OCH3 is 3. The van der Waals surface area contributed by atoms with E-state index in [1.165, 1.54) is 21.3 Å². The number of carbonyl (C=O) groups excluding carboxylic acids is 6. The third-order valence-electron chi connectivity index (χ3n) is 5.95. The summed E-state index contributed by atoms with van der Waals surface area (Å²) < 4.78 is 13.4. The van der Waals surface area contributed by atoms with Crippen molar-refractivity contribution in [3.8, 4) is 0 Å². The highest BCUT2D eigenvalue weighted by Crippen LogP contribution is 2.07. The normalized spacial score (nSPS) is 13.7. The molecule has 0 aromatic rings. The van der Waals surface area contributed by atoms with Gasteiger partial charge in [-0.05, 0) is 32.1 Å². The molecule has 230 valence electrons. The van der Waals surface area contributed by atoms with Crippen molar-refractivity contribution in [2.24, 2.45) is 5.73 Å². The maximum absolute atomic E-state index is 11.6. The molecule has 2 saturated heterocycles. The van der Waals surface area contributed by atoms with Gasteiger partial charge in [0.15, 0.2) is 0 Å². The van der Waals surface area contributed by atoms with Crippen LogP contribution in [0.5, 0.6) is 0 Å². The molecule has 2 fully saturated rings. The van der Waals surface area contributed by atoms with E-state index in [1.807, 2.05) is 0 Å². The molecule has 40 heavy (non-hydrogen) atoms. The molecule has 2 aliphatic rings. The highest BCUT2D eigenvalue weighted by Gasteiger charge is 2.19. The van der Waals surface area contributed by atoms with Gasteiger partial charge in [-0.15, -0.1) is 0 Å². The summed E-state index contributed by atoms with van der Waals surface area (Å²) in [6.45, 7) is 4.85. The Bertz CT molecular complexity index is 777. The van der Waals surface area contributed by atoms with E-state index in [1.54, 1.807) is 9.80 Å². The van der Waals surface area contributed by atoms with E-state index < -0.39 is 0 Å². The van der Waals surface area contributed by atoms with Crippen molar-refractivity contribution in [3.63, 3.8) is 0 Å². The molecule has 0 saturated carbocycles. The molecule has 0 bridgehead atoms. The van der Waals surface area contributed by atoms with Gasteiger partial charge in [0.25, 0.3) is 0 Å². The van der Waals surface area contributed by atoms with Gasteiger partial charge in [-0.2, -0.15) is 0 Å². The van der Waals surface area contributed by atoms with E-state index >= 15 is 0 Å². The lowest BCUT2D eigenvalue weighted by atomic mass is 10.1. The number of carbonyl (C=O) groups is 6. The molecule has 0 unspecified atom stereocenters. The summed E-state index contributed by atoms with van der Waals surface area (Å²) in [7, 11) is 4.06. The fraction of sp³-hybridized carbons (Fsp3) is 0.769. The zero-order valence-electron chi connectivity index (χ0n) is 24.2. The average molecular weight is 574 g/mol. The van der Waals surface area contributed by atoms with Gasteiger partial charge in [0.1, 0.15) is 5.78 Å². The number of esters is 3. The van der Waals surface area contributed by atoms with E-state index in [2.05, 4.69) is 24.8 Å². The predicted molar refractivity (Wildman–Crippen MR) is 146 cm³/mol.